The van der Waals surface area contributed by atoms with Crippen molar-refractivity contribution in [1.29, 1.82) is 0 Å². The van der Waals surface area contributed by atoms with Crippen molar-refractivity contribution in [1.82, 2.24) is 0 Å². The molecule has 8 nitrogen and oxygen atoms in total. The lowest BCUT2D eigenvalue weighted by atomic mass is 10.2. The first kappa shape index (κ1) is 29.9. The third-order valence-electron chi connectivity index (χ3n) is 6.37. The van der Waals surface area contributed by atoms with Gasteiger partial charge in [-0.3, -0.25) is 0 Å². The summed E-state index contributed by atoms with van der Waals surface area (Å²) in [5, 5.41) is 0. The molecule has 0 radical (unpaired) electrons. The van der Waals surface area contributed by atoms with E-state index in [9.17, 15) is 9.59 Å². The Kier molecular flexibility index (Phi) is 11.4. The molecule has 0 aromatic heterocycles. The lowest BCUT2D eigenvalue weighted by Gasteiger charge is -2.13. The van der Waals surface area contributed by atoms with Crippen LogP contribution in [-0.4, -0.2) is 44.5 Å². The zero-order valence-electron chi connectivity index (χ0n) is 23.8. The van der Waals surface area contributed by atoms with Gasteiger partial charge in [0, 0.05) is 6.07 Å². The molecule has 41 heavy (non-hydrogen) atoms. The van der Waals surface area contributed by atoms with Gasteiger partial charge in [-0.1, -0.05) is 39.5 Å². The highest BCUT2D eigenvalue weighted by Crippen LogP contribution is 2.33. The Hall–Kier alpha value is -4.04. The van der Waals surface area contributed by atoms with Crippen LogP contribution in [0.15, 0.2) is 66.7 Å². The summed E-state index contributed by atoms with van der Waals surface area (Å²) in [6, 6.07) is 18.3. The topological polar surface area (TPSA) is 92.8 Å². The quantitative estimate of drug-likeness (QED) is 0.0749. The minimum atomic E-state index is -0.545. The monoisotopic (exact) mass is 562 g/mol. The van der Waals surface area contributed by atoms with Crippen LogP contribution in [-0.2, 0) is 4.74 Å². The fraction of sp³-hybridized carbons (Fsp3) is 0.394. The third-order valence-corrected chi connectivity index (χ3v) is 6.37. The van der Waals surface area contributed by atoms with E-state index in [2.05, 4.69) is 13.8 Å². The fourth-order valence-corrected chi connectivity index (χ4v) is 3.88. The summed E-state index contributed by atoms with van der Waals surface area (Å²) < 4.78 is 33.7. The van der Waals surface area contributed by atoms with Gasteiger partial charge in [0.2, 0.25) is 0 Å². The summed E-state index contributed by atoms with van der Waals surface area (Å²) in [6.45, 7) is 6.45. The standard InChI is InChI=1S/C33H38O8/c1-3-5-7-19-36-26-13-9-24(10-14-26)32(34)40-28-17-18-30(31(21-28)39-23-29-22-38-29)41-33(35)25-11-15-27(16-12-25)37-20-8-6-4-2/h9-18,21,29H,3-8,19-20,22-23H2,1-2H3. The van der Waals surface area contributed by atoms with E-state index in [0.29, 0.717) is 42.4 Å². The number of esters is 2. The maximum absolute atomic E-state index is 12.9. The molecule has 218 valence electrons. The van der Waals surface area contributed by atoms with Crippen LogP contribution in [0.1, 0.15) is 73.1 Å². The number of benzene rings is 3. The number of rotatable bonds is 17. The molecular formula is C33H38O8. The molecule has 1 fully saturated rings. The van der Waals surface area contributed by atoms with E-state index in [1.54, 1.807) is 60.7 Å². The molecule has 8 heteroatoms. The van der Waals surface area contributed by atoms with Gasteiger partial charge < -0.3 is 28.4 Å². The van der Waals surface area contributed by atoms with Gasteiger partial charge in [0.25, 0.3) is 0 Å². The van der Waals surface area contributed by atoms with Crippen molar-refractivity contribution in [2.24, 2.45) is 0 Å². The molecule has 1 saturated heterocycles. The Morgan fingerprint density at radius 3 is 1.68 bits per heavy atom. The zero-order chi connectivity index (χ0) is 28.9. The molecule has 0 bridgehead atoms. The van der Waals surface area contributed by atoms with Crippen molar-refractivity contribution in [3.63, 3.8) is 0 Å². The zero-order valence-corrected chi connectivity index (χ0v) is 23.8. The number of unbranched alkanes of at least 4 members (excludes halogenated alkanes) is 4. The van der Waals surface area contributed by atoms with Gasteiger partial charge in [-0.2, -0.15) is 0 Å². The van der Waals surface area contributed by atoms with E-state index in [-0.39, 0.29) is 30.0 Å². The lowest BCUT2D eigenvalue weighted by Crippen LogP contribution is -2.12. The Morgan fingerprint density at radius 1 is 0.659 bits per heavy atom. The highest BCUT2D eigenvalue weighted by Gasteiger charge is 2.24. The Bertz CT molecular complexity index is 1250. The highest BCUT2D eigenvalue weighted by atomic mass is 16.6. The van der Waals surface area contributed by atoms with E-state index in [1.807, 2.05) is 0 Å². The molecule has 1 aliphatic rings. The summed E-state index contributed by atoms with van der Waals surface area (Å²) >= 11 is 0. The Labute approximate surface area is 241 Å². The first-order valence-corrected chi connectivity index (χ1v) is 14.3. The molecule has 4 rings (SSSR count). The molecule has 0 saturated carbocycles. The molecule has 0 aliphatic carbocycles. The lowest BCUT2D eigenvalue weighted by molar-refractivity contribution is 0.0713. The molecular weight excluding hydrogens is 524 g/mol. The molecule has 0 N–H and O–H groups in total. The van der Waals surface area contributed by atoms with Gasteiger partial charge in [-0.25, -0.2) is 9.59 Å². The number of hydrogen-bond donors (Lipinski definition) is 0. The molecule has 0 amide bonds. The number of epoxide rings is 1. The van der Waals surface area contributed by atoms with Crippen LogP contribution in [0.3, 0.4) is 0 Å². The van der Waals surface area contributed by atoms with Gasteiger partial charge in [0.05, 0.1) is 30.9 Å². The van der Waals surface area contributed by atoms with Gasteiger partial charge >= 0.3 is 11.9 Å². The SMILES string of the molecule is CCCCCOc1ccc(C(=O)Oc2ccc(OC(=O)c3ccc(OCCCCC)cc3)c(OCC3CO3)c2)cc1. The van der Waals surface area contributed by atoms with Crippen molar-refractivity contribution in [2.75, 3.05) is 26.4 Å². The Balaban J connectivity index is 1.37. The first-order chi connectivity index (χ1) is 20.1. The van der Waals surface area contributed by atoms with Crippen molar-refractivity contribution in [3.8, 4) is 28.7 Å². The molecule has 3 aromatic carbocycles. The van der Waals surface area contributed by atoms with Crippen molar-refractivity contribution >= 4 is 11.9 Å². The fourth-order valence-electron chi connectivity index (χ4n) is 3.88. The van der Waals surface area contributed by atoms with Crippen molar-refractivity contribution in [3.05, 3.63) is 77.9 Å². The smallest absolute Gasteiger partial charge is 0.343 e. The second-order valence-corrected chi connectivity index (χ2v) is 9.81. The number of carbonyl (C=O) groups is 2. The summed E-state index contributed by atoms with van der Waals surface area (Å²) in [6.07, 6.45) is 6.44. The Morgan fingerprint density at radius 2 is 1.17 bits per heavy atom. The first-order valence-electron chi connectivity index (χ1n) is 14.3. The summed E-state index contributed by atoms with van der Waals surface area (Å²) in [5.41, 5.74) is 0.753. The van der Waals surface area contributed by atoms with E-state index in [4.69, 9.17) is 28.4 Å². The third kappa shape index (κ3) is 9.83. The normalized spacial score (nSPS) is 13.8. The molecule has 1 atom stereocenters. The van der Waals surface area contributed by atoms with Gasteiger partial charge in [0.1, 0.15) is 30.0 Å². The van der Waals surface area contributed by atoms with Crippen LogP contribution in [0.25, 0.3) is 0 Å². The van der Waals surface area contributed by atoms with E-state index >= 15 is 0 Å². The minimum absolute atomic E-state index is 0.0164. The highest BCUT2D eigenvalue weighted by molar-refractivity contribution is 5.92. The summed E-state index contributed by atoms with van der Waals surface area (Å²) in [7, 11) is 0. The largest absolute Gasteiger partial charge is 0.494 e. The van der Waals surface area contributed by atoms with Crippen LogP contribution < -0.4 is 23.7 Å². The maximum Gasteiger partial charge on any atom is 0.343 e. The predicted octanol–water partition coefficient (Wildman–Crippen LogP) is 7.04. The molecule has 1 heterocycles. The van der Waals surface area contributed by atoms with E-state index in [0.717, 1.165) is 38.5 Å². The van der Waals surface area contributed by atoms with Gasteiger partial charge in [-0.05, 0) is 73.5 Å². The summed E-state index contributed by atoms with van der Waals surface area (Å²) in [4.78, 5) is 25.6. The molecule has 0 spiro atoms. The average molecular weight is 563 g/mol. The minimum Gasteiger partial charge on any atom is -0.494 e. The van der Waals surface area contributed by atoms with Gasteiger partial charge in [-0.15, -0.1) is 0 Å². The van der Waals surface area contributed by atoms with Crippen LogP contribution in [0.4, 0.5) is 0 Å². The van der Waals surface area contributed by atoms with E-state index in [1.165, 1.54) is 6.07 Å². The average Bonchev–Trinajstić information content (AvgIpc) is 3.83. The second kappa shape index (κ2) is 15.7. The van der Waals surface area contributed by atoms with Crippen molar-refractivity contribution in [2.45, 2.75) is 58.5 Å². The molecule has 1 aliphatic heterocycles. The molecule has 3 aromatic rings. The number of hydrogen-bond acceptors (Lipinski definition) is 8. The summed E-state index contributed by atoms with van der Waals surface area (Å²) in [5.74, 6) is 1.07. The second-order valence-electron chi connectivity index (χ2n) is 9.81. The van der Waals surface area contributed by atoms with Crippen LogP contribution in [0.5, 0.6) is 28.7 Å². The number of carbonyl (C=O) groups excluding carboxylic acids is 2. The maximum atomic E-state index is 12.9. The molecule has 1 unspecified atom stereocenters. The van der Waals surface area contributed by atoms with Crippen molar-refractivity contribution < 1.29 is 38.0 Å². The van der Waals surface area contributed by atoms with Gasteiger partial charge in [0.15, 0.2) is 11.5 Å². The number of ether oxygens (including phenoxy) is 6. The van der Waals surface area contributed by atoms with Crippen LogP contribution in [0.2, 0.25) is 0 Å². The van der Waals surface area contributed by atoms with E-state index < -0.39 is 11.9 Å². The van der Waals surface area contributed by atoms with Crippen LogP contribution in [0, 0.1) is 0 Å². The predicted molar refractivity (Wildman–Crippen MR) is 155 cm³/mol. The van der Waals surface area contributed by atoms with Crippen LogP contribution >= 0.6 is 0 Å².